The summed E-state index contributed by atoms with van der Waals surface area (Å²) in [6.45, 7) is 0. The molecular weight excluding hydrogens is 375 g/mol. The quantitative estimate of drug-likeness (QED) is 0.465. The fraction of sp³-hybridized carbons (Fsp3) is 0.0870. The molecule has 0 fully saturated rings. The highest BCUT2D eigenvalue weighted by Gasteiger charge is 2.28. The van der Waals surface area contributed by atoms with Crippen molar-refractivity contribution in [3.63, 3.8) is 0 Å². The Kier molecular flexibility index (Phi) is 5.28. The van der Waals surface area contributed by atoms with Crippen LogP contribution in [-0.4, -0.2) is 5.71 Å². The molecule has 134 valence electrons. The highest BCUT2D eigenvalue weighted by atomic mass is 35.5. The smallest absolute Gasteiger partial charge is 0.0831 e. The van der Waals surface area contributed by atoms with Gasteiger partial charge in [0, 0.05) is 16.5 Å². The van der Waals surface area contributed by atoms with Gasteiger partial charge in [0.25, 0.3) is 0 Å². The van der Waals surface area contributed by atoms with Crippen molar-refractivity contribution in [1.82, 2.24) is 0 Å². The normalized spacial score (nSPS) is 16.7. The van der Waals surface area contributed by atoms with Gasteiger partial charge in [0.15, 0.2) is 0 Å². The number of nitrogens with zero attached hydrogens (tertiary/aromatic N) is 2. The predicted octanol–water partition coefficient (Wildman–Crippen LogP) is 7.01. The number of para-hydroxylation sites is 1. The van der Waals surface area contributed by atoms with Crippen molar-refractivity contribution < 1.29 is 0 Å². The monoisotopic (exact) mass is 392 g/mol. The number of rotatable bonds is 4. The average Bonchev–Trinajstić information content (AvgIpc) is 3.13. The Morgan fingerprint density at radius 2 is 1.41 bits per heavy atom. The highest BCUT2D eigenvalue weighted by molar-refractivity contribution is 6.30. The van der Waals surface area contributed by atoms with Crippen molar-refractivity contribution >= 4 is 40.7 Å². The van der Waals surface area contributed by atoms with Crippen LogP contribution in [0.4, 0.5) is 5.69 Å². The molecule has 2 nitrogen and oxygen atoms in total. The van der Waals surface area contributed by atoms with Crippen LogP contribution in [-0.2, 0) is 0 Å². The van der Waals surface area contributed by atoms with Gasteiger partial charge in [-0.3, -0.25) is 5.01 Å². The summed E-state index contributed by atoms with van der Waals surface area (Å²) >= 11 is 12.0. The van der Waals surface area contributed by atoms with E-state index in [0.717, 1.165) is 33.4 Å². The van der Waals surface area contributed by atoms with Gasteiger partial charge >= 0.3 is 0 Å². The van der Waals surface area contributed by atoms with Crippen LogP contribution in [0.25, 0.3) is 6.08 Å². The summed E-state index contributed by atoms with van der Waals surface area (Å²) in [6.07, 6.45) is 4.98. The zero-order chi connectivity index (χ0) is 18.6. The van der Waals surface area contributed by atoms with E-state index in [1.54, 1.807) is 0 Å². The second-order valence-corrected chi connectivity index (χ2v) is 7.30. The lowest BCUT2D eigenvalue weighted by molar-refractivity contribution is 0.709. The fourth-order valence-electron chi connectivity index (χ4n) is 3.16. The van der Waals surface area contributed by atoms with Gasteiger partial charge in [0.05, 0.1) is 17.4 Å². The molecule has 0 bridgehead atoms. The third-order valence-corrected chi connectivity index (χ3v) is 5.05. The van der Waals surface area contributed by atoms with Crippen molar-refractivity contribution in [2.75, 3.05) is 5.01 Å². The van der Waals surface area contributed by atoms with Crippen LogP contribution in [0.15, 0.2) is 90.0 Å². The van der Waals surface area contributed by atoms with Gasteiger partial charge in [0.1, 0.15) is 0 Å². The van der Waals surface area contributed by atoms with Gasteiger partial charge in [0.2, 0.25) is 0 Å². The van der Waals surface area contributed by atoms with E-state index < -0.39 is 0 Å². The van der Waals surface area contributed by atoms with Crippen LogP contribution < -0.4 is 5.01 Å². The summed E-state index contributed by atoms with van der Waals surface area (Å²) in [4.78, 5) is 0. The minimum atomic E-state index is 0.148. The summed E-state index contributed by atoms with van der Waals surface area (Å²) < 4.78 is 0. The molecule has 1 heterocycles. The predicted molar refractivity (Wildman–Crippen MR) is 116 cm³/mol. The number of halogens is 2. The van der Waals surface area contributed by atoms with E-state index in [1.165, 1.54) is 5.56 Å². The van der Waals surface area contributed by atoms with E-state index in [2.05, 4.69) is 41.4 Å². The lowest BCUT2D eigenvalue weighted by atomic mass is 10.0. The molecule has 1 atom stereocenters. The minimum absolute atomic E-state index is 0.148. The molecule has 0 N–H and O–H groups in total. The van der Waals surface area contributed by atoms with Crippen molar-refractivity contribution in [2.45, 2.75) is 12.5 Å². The zero-order valence-corrected chi connectivity index (χ0v) is 16.1. The Hall–Kier alpha value is -2.55. The lowest BCUT2D eigenvalue weighted by Gasteiger charge is -2.24. The highest BCUT2D eigenvalue weighted by Crippen LogP contribution is 2.35. The number of hydrogen-bond acceptors (Lipinski definition) is 2. The van der Waals surface area contributed by atoms with Crippen molar-refractivity contribution in [1.29, 1.82) is 0 Å². The van der Waals surface area contributed by atoms with E-state index in [-0.39, 0.29) is 6.04 Å². The molecule has 1 aliphatic rings. The van der Waals surface area contributed by atoms with E-state index >= 15 is 0 Å². The van der Waals surface area contributed by atoms with Gasteiger partial charge in [-0.2, -0.15) is 5.10 Å². The summed E-state index contributed by atoms with van der Waals surface area (Å²) in [5, 5.41) is 8.45. The first-order valence-electron chi connectivity index (χ1n) is 8.80. The SMILES string of the molecule is Clc1ccc(C=CC2=NN(c3ccccc3)C(c3ccc(Cl)cc3)C2)cc1. The standard InChI is InChI=1S/C23H18Cl2N2/c24-19-11-6-17(7-12-19)8-15-21-16-23(18-9-13-20(25)14-10-18)27(26-21)22-4-2-1-3-5-22/h1-15,23H,16H2. The first kappa shape index (κ1) is 17.8. The largest absolute Gasteiger partial charge is 0.257 e. The molecule has 0 saturated heterocycles. The topological polar surface area (TPSA) is 15.6 Å². The molecule has 1 unspecified atom stereocenters. The molecule has 4 rings (SSSR count). The van der Waals surface area contributed by atoms with Gasteiger partial charge in [-0.25, -0.2) is 0 Å². The molecule has 4 heteroatoms. The molecule has 0 radical (unpaired) electrons. The Labute approximate surface area is 169 Å². The van der Waals surface area contributed by atoms with E-state index in [1.807, 2.05) is 54.6 Å². The number of benzene rings is 3. The maximum Gasteiger partial charge on any atom is 0.0831 e. The van der Waals surface area contributed by atoms with Crippen molar-refractivity contribution in [2.24, 2.45) is 5.10 Å². The maximum absolute atomic E-state index is 6.07. The van der Waals surface area contributed by atoms with Crippen LogP contribution in [0.2, 0.25) is 10.0 Å². The van der Waals surface area contributed by atoms with Gasteiger partial charge in [-0.1, -0.05) is 71.7 Å². The van der Waals surface area contributed by atoms with Crippen LogP contribution >= 0.6 is 23.2 Å². The fourth-order valence-corrected chi connectivity index (χ4v) is 3.42. The first-order valence-corrected chi connectivity index (χ1v) is 9.55. The molecule has 3 aromatic rings. The summed E-state index contributed by atoms with van der Waals surface area (Å²) in [5.41, 5.74) is 4.41. The molecule has 0 aliphatic carbocycles. The minimum Gasteiger partial charge on any atom is -0.257 e. The molecule has 3 aromatic carbocycles. The Morgan fingerprint density at radius 3 is 2.07 bits per heavy atom. The molecule has 0 spiro atoms. The molecule has 0 amide bonds. The second-order valence-electron chi connectivity index (χ2n) is 6.43. The van der Waals surface area contributed by atoms with Crippen molar-refractivity contribution in [3.8, 4) is 0 Å². The molecule has 1 aliphatic heterocycles. The number of hydrazone groups is 1. The first-order chi connectivity index (χ1) is 13.2. The van der Waals surface area contributed by atoms with Gasteiger partial charge < -0.3 is 0 Å². The summed E-state index contributed by atoms with van der Waals surface area (Å²) in [7, 11) is 0. The van der Waals surface area contributed by atoms with E-state index in [9.17, 15) is 0 Å². The van der Waals surface area contributed by atoms with E-state index in [4.69, 9.17) is 28.3 Å². The number of hydrogen-bond donors (Lipinski definition) is 0. The molecule has 27 heavy (non-hydrogen) atoms. The summed E-state index contributed by atoms with van der Waals surface area (Å²) in [5.74, 6) is 0. The van der Waals surface area contributed by atoms with Crippen LogP contribution in [0, 0.1) is 0 Å². The third-order valence-electron chi connectivity index (χ3n) is 4.55. The lowest BCUT2D eigenvalue weighted by Crippen LogP contribution is -2.18. The molecular formula is C23H18Cl2N2. The zero-order valence-electron chi connectivity index (χ0n) is 14.6. The van der Waals surface area contributed by atoms with Gasteiger partial charge in [-0.15, -0.1) is 0 Å². The van der Waals surface area contributed by atoms with Crippen LogP contribution in [0.1, 0.15) is 23.6 Å². The average molecular weight is 393 g/mol. The van der Waals surface area contributed by atoms with Crippen LogP contribution in [0.3, 0.4) is 0 Å². The number of allylic oxidation sites excluding steroid dienone is 1. The maximum atomic E-state index is 6.07. The third kappa shape index (κ3) is 4.24. The van der Waals surface area contributed by atoms with E-state index in [0.29, 0.717) is 0 Å². The van der Waals surface area contributed by atoms with Crippen LogP contribution in [0.5, 0.6) is 0 Å². The van der Waals surface area contributed by atoms with Crippen molar-refractivity contribution in [3.05, 3.63) is 106 Å². The summed E-state index contributed by atoms with van der Waals surface area (Å²) in [6, 6.07) is 26.2. The van der Waals surface area contributed by atoms with Gasteiger partial charge in [-0.05, 0) is 53.6 Å². The number of anilines is 1. The Morgan fingerprint density at radius 1 is 0.778 bits per heavy atom. The molecule has 0 aromatic heterocycles. The Bertz CT molecular complexity index is 962. The molecule has 0 saturated carbocycles. The second kappa shape index (κ2) is 7.99. The Balaban J connectivity index is 1.63.